The summed E-state index contributed by atoms with van der Waals surface area (Å²) >= 11 is 6.05. The summed E-state index contributed by atoms with van der Waals surface area (Å²) in [6.45, 7) is 0. The van der Waals surface area contributed by atoms with Crippen molar-refractivity contribution in [1.29, 1.82) is 0 Å². The van der Waals surface area contributed by atoms with Gasteiger partial charge in [-0.15, -0.1) is 0 Å². The molecule has 1 N–H and O–H groups in total. The molecule has 0 atom stereocenters. The van der Waals surface area contributed by atoms with Gasteiger partial charge in [0.2, 0.25) is 0 Å². The van der Waals surface area contributed by atoms with Crippen molar-refractivity contribution >= 4 is 44.6 Å². The van der Waals surface area contributed by atoms with Crippen molar-refractivity contribution in [2.24, 2.45) is 0 Å². The number of H-pyrrole nitrogens is 1. The van der Waals surface area contributed by atoms with Gasteiger partial charge in [-0.3, -0.25) is 0 Å². The van der Waals surface area contributed by atoms with Crippen LogP contribution in [0.25, 0.3) is 33.0 Å². The normalized spacial score (nSPS) is 11.6. The Hall–Kier alpha value is -2.13. The first-order valence-electron chi connectivity index (χ1n) is 5.64. The Morgan fingerprint density at radius 1 is 1.06 bits per heavy atom. The van der Waals surface area contributed by atoms with Crippen molar-refractivity contribution in [3.05, 3.63) is 47.6 Å². The molecule has 0 aliphatic carbocycles. The summed E-state index contributed by atoms with van der Waals surface area (Å²) in [6.07, 6.45) is 1.75. The summed E-state index contributed by atoms with van der Waals surface area (Å²) < 4.78 is 0. The molecule has 0 unspecified atom stereocenters. The van der Waals surface area contributed by atoms with E-state index in [4.69, 9.17) is 11.6 Å². The Morgan fingerprint density at radius 2 is 2.00 bits per heavy atom. The van der Waals surface area contributed by atoms with E-state index in [1.807, 2.05) is 30.3 Å². The van der Waals surface area contributed by atoms with E-state index in [9.17, 15) is 0 Å². The van der Waals surface area contributed by atoms with Gasteiger partial charge in [-0.2, -0.15) is 0 Å². The van der Waals surface area contributed by atoms with Crippen LogP contribution >= 0.6 is 11.6 Å². The van der Waals surface area contributed by atoms with Crippen molar-refractivity contribution in [3.8, 4) is 0 Å². The molecule has 3 aromatic heterocycles. The van der Waals surface area contributed by atoms with Crippen molar-refractivity contribution in [1.82, 2.24) is 15.0 Å². The van der Waals surface area contributed by atoms with E-state index in [0.29, 0.717) is 0 Å². The summed E-state index contributed by atoms with van der Waals surface area (Å²) in [5, 5.41) is 3.93. The van der Waals surface area contributed by atoms with Crippen LogP contribution in [-0.2, 0) is 0 Å². The summed E-state index contributed by atoms with van der Waals surface area (Å²) in [5.41, 5.74) is 2.64. The lowest BCUT2D eigenvalue weighted by Gasteiger charge is -1.96. The Balaban J connectivity index is 2.25. The minimum Gasteiger partial charge on any atom is -0.339 e. The van der Waals surface area contributed by atoms with Gasteiger partial charge in [0.15, 0.2) is 5.65 Å². The van der Waals surface area contributed by atoms with Gasteiger partial charge in [0.05, 0.1) is 0 Å². The lowest BCUT2D eigenvalue weighted by atomic mass is 10.1. The zero-order valence-electron chi connectivity index (χ0n) is 9.31. The molecule has 0 saturated heterocycles. The molecule has 86 valence electrons. The standard InChI is InChI=1S/C14H8ClN3/c15-9-3-4-12-10(7-9)11-6-8-2-1-5-16-13(8)18-14(11)17-12/h1-7H,(H,16,17,18). The molecule has 3 heterocycles. The first-order chi connectivity index (χ1) is 8.81. The third-order valence-corrected chi connectivity index (χ3v) is 3.35. The first kappa shape index (κ1) is 9.85. The van der Waals surface area contributed by atoms with Gasteiger partial charge in [-0.05, 0) is 36.4 Å². The average molecular weight is 254 g/mol. The highest BCUT2D eigenvalue weighted by Crippen LogP contribution is 2.28. The minimum absolute atomic E-state index is 0.731. The number of halogens is 1. The Kier molecular flexibility index (Phi) is 1.88. The van der Waals surface area contributed by atoms with Gasteiger partial charge in [0.25, 0.3) is 0 Å². The van der Waals surface area contributed by atoms with Crippen molar-refractivity contribution in [2.75, 3.05) is 0 Å². The topological polar surface area (TPSA) is 41.6 Å². The third kappa shape index (κ3) is 1.31. The average Bonchev–Trinajstić information content (AvgIpc) is 2.73. The predicted octanol–water partition coefficient (Wildman–Crippen LogP) is 3.92. The molecule has 0 saturated carbocycles. The molecule has 0 spiro atoms. The fraction of sp³-hybridized carbons (Fsp3) is 0. The molecule has 1 aromatic carbocycles. The minimum atomic E-state index is 0.731. The molecule has 4 rings (SSSR count). The maximum atomic E-state index is 6.05. The second-order valence-electron chi connectivity index (χ2n) is 4.25. The molecule has 0 bridgehead atoms. The SMILES string of the molecule is Clc1ccc2[nH]c3nc4ncccc4cc3c2c1. The summed E-state index contributed by atoms with van der Waals surface area (Å²) in [6, 6.07) is 11.8. The summed E-state index contributed by atoms with van der Waals surface area (Å²) in [7, 11) is 0. The molecule has 0 aliphatic rings. The highest BCUT2D eigenvalue weighted by Gasteiger charge is 2.07. The lowest BCUT2D eigenvalue weighted by Crippen LogP contribution is -1.83. The number of pyridine rings is 2. The molecule has 0 amide bonds. The number of benzene rings is 1. The molecule has 4 heteroatoms. The van der Waals surface area contributed by atoms with Gasteiger partial charge in [-0.25, -0.2) is 9.97 Å². The maximum Gasteiger partial charge on any atom is 0.161 e. The number of hydrogen-bond donors (Lipinski definition) is 1. The van der Waals surface area contributed by atoms with Gasteiger partial charge in [0.1, 0.15) is 5.65 Å². The Labute approximate surface area is 107 Å². The number of nitrogens with one attached hydrogen (secondary N) is 1. The van der Waals surface area contributed by atoms with Crippen LogP contribution in [0.4, 0.5) is 0 Å². The maximum absolute atomic E-state index is 6.05. The molecular weight excluding hydrogens is 246 g/mol. The highest BCUT2D eigenvalue weighted by molar-refractivity contribution is 6.31. The molecule has 0 radical (unpaired) electrons. The van der Waals surface area contributed by atoms with E-state index in [2.05, 4.69) is 21.0 Å². The van der Waals surface area contributed by atoms with Crippen LogP contribution in [0.2, 0.25) is 5.02 Å². The fourth-order valence-corrected chi connectivity index (χ4v) is 2.45. The van der Waals surface area contributed by atoms with E-state index < -0.39 is 0 Å². The fourth-order valence-electron chi connectivity index (χ4n) is 2.28. The van der Waals surface area contributed by atoms with E-state index in [1.165, 1.54) is 0 Å². The Bertz CT molecular complexity index is 895. The van der Waals surface area contributed by atoms with Crippen LogP contribution in [0.1, 0.15) is 0 Å². The lowest BCUT2D eigenvalue weighted by molar-refractivity contribution is 1.30. The van der Waals surface area contributed by atoms with Crippen molar-refractivity contribution < 1.29 is 0 Å². The van der Waals surface area contributed by atoms with Gasteiger partial charge >= 0.3 is 0 Å². The summed E-state index contributed by atoms with van der Waals surface area (Å²) in [5.74, 6) is 0. The number of fused-ring (bicyclic) bond motifs is 4. The molecule has 18 heavy (non-hydrogen) atoms. The van der Waals surface area contributed by atoms with E-state index >= 15 is 0 Å². The van der Waals surface area contributed by atoms with Crippen LogP contribution in [0.3, 0.4) is 0 Å². The number of rotatable bonds is 0. The monoisotopic (exact) mass is 253 g/mol. The number of nitrogens with zero attached hydrogens (tertiary/aromatic N) is 2. The van der Waals surface area contributed by atoms with E-state index in [-0.39, 0.29) is 0 Å². The molecule has 4 aromatic rings. The van der Waals surface area contributed by atoms with Crippen LogP contribution < -0.4 is 0 Å². The first-order valence-corrected chi connectivity index (χ1v) is 6.02. The van der Waals surface area contributed by atoms with Crippen LogP contribution in [0, 0.1) is 0 Å². The molecular formula is C14H8ClN3. The van der Waals surface area contributed by atoms with Crippen LogP contribution in [-0.4, -0.2) is 15.0 Å². The number of hydrogen-bond acceptors (Lipinski definition) is 2. The highest BCUT2D eigenvalue weighted by atomic mass is 35.5. The predicted molar refractivity (Wildman–Crippen MR) is 73.9 cm³/mol. The summed E-state index contributed by atoms with van der Waals surface area (Å²) in [4.78, 5) is 12.1. The van der Waals surface area contributed by atoms with Crippen LogP contribution in [0.15, 0.2) is 42.6 Å². The van der Waals surface area contributed by atoms with Crippen molar-refractivity contribution in [3.63, 3.8) is 0 Å². The van der Waals surface area contributed by atoms with Gasteiger partial charge < -0.3 is 4.98 Å². The quantitative estimate of drug-likeness (QED) is 0.516. The Morgan fingerprint density at radius 3 is 2.94 bits per heavy atom. The van der Waals surface area contributed by atoms with E-state index in [1.54, 1.807) is 6.20 Å². The van der Waals surface area contributed by atoms with E-state index in [0.717, 1.165) is 38.0 Å². The molecule has 3 nitrogen and oxygen atoms in total. The second-order valence-corrected chi connectivity index (χ2v) is 4.69. The van der Waals surface area contributed by atoms with Crippen LogP contribution in [0.5, 0.6) is 0 Å². The molecule has 0 fully saturated rings. The second kappa shape index (κ2) is 3.43. The van der Waals surface area contributed by atoms with Gasteiger partial charge in [-0.1, -0.05) is 11.6 Å². The zero-order chi connectivity index (χ0) is 12.1. The zero-order valence-corrected chi connectivity index (χ0v) is 10.1. The third-order valence-electron chi connectivity index (χ3n) is 3.11. The largest absolute Gasteiger partial charge is 0.339 e. The number of aromatic nitrogens is 3. The smallest absolute Gasteiger partial charge is 0.161 e. The molecule has 0 aliphatic heterocycles. The van der Waals surface area contributed by atoms with Gasteiger partial charge in [0, 0.05) is 32.9 Å². The number of aromatic amines is 1. The van der Waals surface area contributed by atoms with Crippen molar-refractivity contribution in [2.45, 2.75) is 0 Å².